The molecule has 0 heterocycles. The Bertz CT molecular complexity index is 1140. The summed E-state index contributed by atoms with van der Waals surface area (Å²) in [4.78, 5) is 24.5. The Balaban J connectivity index is 1.61. The summed E-state index contributed by atoms with van der Waals surface area (Å²) in [6.45, 7) is 0. The molecule has 0 saturated carbocycles. The number of carbonyl (C=O) groups excluding carboxylic acids is 2. The summed E-state index contributed by atoms with van der Waals surface area (Å²) in [5, 5.41) is 5.34. The third-order valence-corrected chi connectivity index (χ3v) is 4.41. The highest BCUT2D eigenvalue weighted by molar-refractivity contribution is 6.06. The lowest BCUT2D eigenvalue weighted by molar-refractivity contribution is -0.137. The zero-order valence-electron chi connectivity index (χ0n) is 16.9. The number of rotatable bonds is 6. The van der Waals surface area contributed by atoms with Gasteiger partial charge >= 0.3 is 6.18 Å². The molecule has 0 aliphatic rings. The van der Waals surface area contributed by atoms with Crippen molar-refractivity contribution in [2.24, 2.45) is 0 Å². The summed E-state index contributed by atoms with van der Waals surface area (Å²) in [6, 6.07) is 17.8. The fourth-order valence-corrected chi connectivity index (χ4v) is 2.82. The first-order chi connectivity index (χ1) is 15.3. The number of carbonyl (C=O) groups is 2. The average Bonchev–Trinajstić information content (AvgIpc) is 2.78. The summed E-state index contributed by atoms with van der Waals surface area (Å²) in [7, 11) is 1.50. The quantitative estimate of drug-likeness (QED) is 0.489. The minimum absolute atomic E-state index is 0.248. The Labute approximate surface area is 182 Å². The summed E-state index contributed by atoms with van der Waals surface area (Å²) in [5.41, 5.74) is 0.781. The number of anilines is 2. The van der Waals surface area contributed by atoms with Gasteiger partial charge in [0.25, 0.3) is 5.91 Å². The Hall–Kier alpha value is -4.07. The third-order valence-electron chi connectivity index (χ3n) is 4.41. The highest BCUT2D eigenvalue weighted by atomic mass is 19.4. The van der Waals surface area contributed by atoms with Gasteiger partial charge in [-0.2, -0.15) is 13.2 Å². The fraction of sp³-hybridized carbons (Fsp3) is 0.0833. The second-order valence-electron chi connectivity index (χ2n) is 6.68. The number of halogens is 3. The van der Waals surface area contributed by atoms with E-state index >= 15 is 0 Å². The topological polar surface area (TPSA) is 67.4 Å². The third kappa shape index (κ3) is 5.98. The molecular formula is C24H19F3N2O3. The van der Waals surface area contributed by atoms with Gasteiger partial charge in [-0.3, -0.25) is 9.59 Å². The van der Waals surface area contributed by atoms with Gasteiger partial charge in [-0.1, -0.05) is 24.3 Å². The first-order valence-electron chi connectivity index (χ1n) is 9.47. The van der Waals surface area contributed by atoms with Crippen molar-refractivity contribution in [1.29, 1.82) is 0 Å². The van der Waals surface area contributed by atoms with Crippen molar-refractivity contribution < 1.29 is 27.5 Å². The van der Waals surface area contributed by atoms with Crippen LogP contribution in [0.15, 0.2) is 78.9 Å². The van der Waals surface area contributed by atoms with Crippen LogP contribution in [0.25, 0.3) is 6.08 Å². The summed E-state index contributed by atoms with van der Waals surface area (Å²) >= 11 is 0. The van der Waals surface area contributed by atoms with Gasteiger partial charge in [0.05, 0.1) is 18.4 Å². The number of para-hydroxylation sites is 2. The second-order valence-corrected chi connectivity index (χ2v) is 6.68. The normalized spacial score (nSPS) is 11.2. The molecule has 0 atom stereocenters. The van der Waals surface area contributed by atoms with E-state index in [1.54, 1.807) is 36.4 Å². The molecule has 3 rings (SSSR count). The average molecular weight is 440 g/mol. The molecule has 0 fully saturated rings. The van der Waals surface area contributed by atoms with Crippen LogP contribution < -0.4 is 15.4 Å². The number of ether oxygens (including phenoxy) is 1. The van der Waals surface area contributed by atoms with Crippen LogP contribution in [0.1, 0.15) is 21.5 Å². The first-order valence-corrected chi connectivity index (χ1v) is 9.47. The van der Waals surface area contributed by atoms with Crippen LogP contribution in [0.5, 0.6) is 5.75 Å². The van der Waals surface area contributed by atoms with E-state index in [9.17, 15) is 22.8 Å². The number of alkyl halides is 3. The van der Waals surface area contributed by atoms with Crippen LogP contribution in [0, 0.1) is 0 Å². The van der Waals surface area contributed by atoms with E-state index in [4.69, 9.17) is 4.74 Å². The number of nitrogens with one attached hydrogen (secondary N) is 2. The van der Waals surface area contributed by atoms with Gasteiger partial charge in [0.15, 0.2) is 0 Å². The van der Waals surface area contributed by atoms with Crippen LogP contribution in [-0.4, -0.2) is 18.9 Å². The van der Waals surface area contributed by atoms with Crippen molar-refractivity contribution in [3.8, 4) is 5.75 Å². The molecule has 0 radical (unpaired) electrons. The maximum absolute atomic E-state index is 12.8. The van der Waals surface area contributed by atoms with E-state index in [2.05, 4.69) is 10.6 Å². The Morgan fingerprint density at radius 2 is 1.62 bits per heavy atom. The largest absolute Gasteiger partial charge is 0.495 e. The number of hydrogen-bond acceptors (Lipinski definition) is 3. The standard InChI is InChI=1S/C24H19F3N2O3/c1-32-21-8-3-2-7-20(21)29-23(31)17-10-12-19(13-11-17)28-22(30)14-9-16-5-4-6-18(15-16)24(25,26)27/h2-15H,1H3,(H,28,30)(H,29,31). The van der Waals surface area contributed by atoms with Gasteiger partial charge < -0.3 is 15.4 Å². The van der Waals surface area contributed by atoms with Crippen molar-refractivity contribution in [2.75, 3.05) is 17.7 Å². The van der Waals surface area contributed by atoms with Crippen molar-refractivity contribution in [3.05, 3.63) is 95.6 Å². The van der Waals surface area contributed by atoms with E-state index in [0.717, 1.165) is 18.2 Å². The molecule has 0 bridgehead atoms. The Kier molecular flexibility index (Phi) is 6.94. The van der Waals surface area contributed by atoms with E-state index in [1.165, 1.54) is 37.5 Å². The van der Waals surface area contributed by atoms with Crippen LogP contribution in [0.2, 0.25) is 0 Å². The predicted octanol–water partition coefficient (Wildman–Crippen LogP) is 5.62. The molecule has 8 heteroatoms. The van der Waals surface area contributed by atoms with Gasteiger partial charge in [0.2, 0.25) is 5.91 Å². The summed E-state index contributed by atoms with van der Waals surface area (Å²) in [5.74, 6) is -0.345. The lowest BCUT2D eigenvalue weighted by Gasteiger charge is -2.10. The molecular weight excluding hydrogens is 421 g/mol. The van der Waals surface area contributed by atoms with Crippen LogP contribution in [0.4, 0.5) is 24.5 Å². The zero-order valence-corrected chi connectivity index (χ0v) is 16.9. The number of benzene rings is 3. The van der Waals surface area contributed by atoms with Crippen molar-refractivity contribution in [1.82, 2.24) is 0 Å². The molecule has 0 saturated heterocycles. The molecule has 164 valence electrons. The Morgan fingerprint density at radius 1 is 0.906 bits per heavy atom. The minimum Gasteiger partial charge on any atom is -0.495 e. The van der Waals surface area contributed by atoms with Crippen molar-refractivity contribution >= 4 is 29.3 Å². The van der Waals surface area contributed by atoms with E-state index in [1.807, 2.05) is 0 Å². The van der Waals surface area contributed by atoms with Crippen molar-refractivity contribution in [3.63, 3.8) is 0 Å². The van der Waals surface area contributed by atoms with Crippen molar-refractivity contribution in [2.45, 2.75) is 6.18 Å². The second kappa shape index (κ2) is 9.82. The van der Waals surface area contributed by atoms with Crippen LogP contribution >= 0.6 is 0 Å². The summed E-state index contributed by atoms with van der Waals surface area (Å²) < 4.78 is 43.5. The van der Waals surface area contributed by atoms with E-state index < -0.39 is 17.6 Å². The number of amides is 2. The SMILES string of the molecule is COc1ccccc1NC(=O)c1ccc(NC(=O)C=Cc2cccc(C(F)(F)F)c2)cc1. The predicted molar refractivity (Wildman–Crippen MR) is 116 cm³/mol. The maximum Gasteiger partial charge on any atom is 0.416 e. The monoisotopic (exact) mass is 440 g/mol. The molecule has 2 amide bonds. The molecule has 0 aromatic heterocycles. The molecule has 5 nitrogen and oxygen atoms in total. The Morgan fingerprint density at radius 3 is 2.31 bits per heavy atom. The van der Waals surface area contributed by atoms with Gasteiger partial charge in [-0.05, 0) is 60.2 Å². The van der Waals surface area contributed by atoms with Crippen LogP contribution in [0.3, 0.4) is 0 Å². The lowest BCUT2D eigenvalue weighted by Crippen LogP contribution is -2.13. The highest BCUT2D eigenvalue weighted by Gasteiger charge is 2.30. The van der Waals surface area contributed by atoms with Crippen LogP contribution in [-0.2, 0) is 11.0 Å². The molecule has 0 unspecified atom stereocenters. The smallest absolute Gasteiger partial charge is 0.416 e. The maximum atomic E-state index is 12.8. The fourth-order valence-electron chi connectivity index (χ4n) is 2.82. The molecule has 0 spiro atoms. The number of methoxy groups -OCH3 is 1. The highest BCUT2D eigenvalue weighted by Crippen LogP contribution is 2.29. The summed E-state index contributed by atoms with van der Waals surface area (Å²) in [6.07, 6.45) is -2.02. The number of hydrogen-bond donors (Lipinski definition) is 2. The first kappa shape index (κ1) is 22.6. The van der Waals surface area contributed by atoms with E-state index in [-0.39, 0.29) is 11.5 Å². The molecule has 2 N–H and O–H groups in total. The van der Waals surface area contributed by atoms with Gasteiger partial charge in [0.1, 0.15) is 5.75 Å². The zero-order chi connectivity index (χ0) is 23.1. The molecule has 0 aliphatic heterocycles. The van der Waals surface area contributed by atoms with E-state index in [0.29, 0.717) is 22.7 Å². The molecule has 3 aromatic carbocycles. The van der Waals surface area contributed by atoms with Gasteiger partial charge in [0, 0.05) is 17.3 Å². The minimum atomic E-state index is -4.45. The molecule has 0 aliphatic carbocycles. The molecule has 3 aromatic rings. The molecule has 32 heavy (non-hydrogen) atoms. The van der Waals surface area contributed by atoms with Gasteiger partial charge in [-0.25, -0.2) is 0 Å². The lowest BCUT2D eigenvalue weighted by atomic mass is 10.1. The van der Waals surface area contributed by atoms with Gasteiger partial charge in [-0.15, -0.1) is 0 Å².